The van der Waals surface area contributed by atoms with Crippen LogP contribution in [0.1, 0.15) is 12.0 Å². The van der Waals surface area contributed by atoms with Crippen molar-refractivity contribution in [3.05, 3.63) is 121 Å². The zero-order valence-corrected chi connectivity index (χ0v) is 21.0. The quantitative estimate of drug-likeness (QED) is 0.260. The number of aliphatic carboxylic acids is 1. The number of aryl methyl sites for hydroxylation is 1. The number of rotatable bonds is 8. The molecular weight excluding hydrogens is 463 g/mol. The Morgan fingerprint density at radius 1 is 0.750 bits per heavy atom. The second-order valence-electron chi connectivity index (χ2n) is 8.58. The minimum atomic E-state index is -0.839. The van der Waals surface area contributed by atoms with Crippen LogP contribution in [0.5, 0.6) is 5.75 Å². The van der Waals surface area contributed by atoms with Gasteiger partial charge in [0.05, 0.1) is 7.11 Å². The molecule has 0 aliphatic carbocycles. The van der Waals surface area contributed by atoms with Gasteiger partial charge in [0.15, 0.2) is 0 Å². The number of ether oxygens (including phenoxy) is 1. The molecule has 0 heterocycles. The van der Waals surface area contributed by atoms with E-state index in [1.807, 2.05) is 18.2 Å². The van der Waals surface area contributed by atoms with Gasteiger partial charge < -0.3 is 9.84 Å². The molecule has 0 spiro atoms. The van der Waals surface area contributed by atoms with Gasteiger partial charge in [-0.2, -0.15) is 0 Å². The second-order valence-corrected chi connectivity index (χ2v) is 10.8. The first kappa shape index (κ1) is 23.8. The largest absolute Gasteiger partial charge is 0.496 e. The molecule has 0 atom stereocenters. The fourth-order valence-electron chi connectivity index (χ4n) is 4.78. The fourth-order valence-corrected chi connectivity index (χ4v) is 7.24. The number of hydrogen-bond donors (Lipinski definition) is 1. The average molecular weight is 491 g/mol. The van der Waals surface area contributed by atoms with E-state index in [1.54, 1.807) is 7.11 Å². The fraction of sp³-hybridized carbons (Fsp3) is 0.0938. The summed E-state index contributed by atoms with van der Waals surface area (Å²) in [6.45, 7) is 0. The lowest BCUT2D eigenvalue weighted by Gasteiger charge is -2.24. The Bertz CT molecular complexity index is 1460. The minimum absolute atomic E-state index is 0.0583. The summed E-state index contributed by atoms with van der Waals surface area (Å²) in [6, 6.07) is 40.1. The Hall–Kier alpha value is -3.94. The van der Waals surface area contributed by atoms with Crippen molar-refractivity contribution < 1.29 is 14.6 Å². The molecule has 0 radical (unpaired) electrons. The van der Waals surface area contributed by atoms with E-state index in [0.29, 0.717) is 6.42 Å². The summed E-state index contributed by atoms with van der Waals surface area (Å²) in [5.74, 6) is -0.0437. The van der Waals surface area contributed by atoms with Gasteiger partial charge in [-0.3, -0.25) is 4.79 Å². The Morgan fingerprint density at radius 3 is 1.92 bits per heavy atom. The van der Waals surface area contributed by atoms with Gasteiger partial charge in [-0.05, 0) is 58.4 Å². The molecule has 0 aromatic heterocycles. The van der Waals surface area contributed by atoms with Crippen LogP contribution in [0.2, 0.25) is 0 Å². The maximum Gasteiger partial charge on any atom is 0.303 e. The summed E-state index contributed by atoms with van der Waals surface area (Å²) in [7, 11) is 0.828. The number of benzene rings is 5. The molecule has 1 N–H and O–H groups in total. The highest BCUT2D eigenvalue weighted by Gasteiger charge is 2.23. The lowest BCUT2D eigenvalue weighted by Crippen LogP contribution is -2.22. The first-order chi connectivity index (χ1) is 17.7. The second kappa shape index (κ2) is 10.8. The third-order valence-corrected chi connectivity index (χ3v) is 8.86. The molecule has 0 saturated carbocycles. The monoisotopic (exact) mass is 490 g/mol. The standard InChI is InChI=1S/C32H27O3P/c1-35-29-22-23(20-21-31(33)34)32(27-17-9-8-16-26(27)29)28-18-10-11-19-30(28)36(24-12-4-2-5-13-24)25-14-6-3-7-15-25/h2-19,22H,20-21H2,1H3,(H,33,34). The van der Waals surface area contributed by atoms with Crippen LogP contribution in [0.4, 0.5) is 0 Å². The van der Waals surface area contributed by atoms with E-state index in [4.69, 9.17) is 4.74 Å². The van der Waals surface area contributed by atoms with Crippen molar-refractivity contribution >= 4 is 40.6 Å². The van der Waals surface area contributed by atoms with Crippen molar-refractivity contribution in [2.45, 2.75) is 12.8 Å². The molecule has 5 aromatic rings. The predicted molar refractivity (Wildman–Crippen MR) is 151 cm³/mol. The molecule has 0 unspecified atom stereocenters. The molecule has 0 saturated heterocycles. The summed E-state index contributed by atoms with van der Waals surface area (Å²) in [6.07, 6.45) is 0.484. The van der Waals surface area contributed by atoms with E-state index >= 15 is 0 Å². The van der Waals surface area contributed by atoms with Gasteiger partial charge in [-0.15, -0.1) is 0 Å². The van der Waals surface area contributed by atoms with E-state index in [2.05, 4.69) is 97.1 Å². The normalized spacial score (nSPS) is 11.1. The van der Waals surface area contributed by atoms with Crippen LogP contribution in [0.3, 0.4) is 0 Å². The van der Waals surface area contributed by atoms with E-state index < -0.39 is 13.9 Å². The lowest BCUT2D eigenvalue weighted by atomic mass is 9.90. The molecule has 5 rings (SSSR count). The van der Waals surface area contributed by atoms with Crippen LogP contribution < -0.4 is 20.7 Å². The van der Waals surface area contributed by atoms with Crippen LogP contribution in [0.25, 0.3) is 21.9 Å². The summed E-state index contributed by atoms with van der Waals surface area (Å²) < 4.78 is 5.74. The number of fused-ring (bicyclic) bond motifs is 1. The molecule has 5 aromatic carbocycles. The maximum atomic E-state index is 11.6. The molecule has 0 fully saturated rings. The topological polar surface area (TPSA) is 46.5 Å². The molecule has 0 aliphatic rings. The van der Waals surface area contributed by atoms with Crippen molar-refractivity contribution in [3.8, 4) is 16.9 Å². The number of methoxy groups -OCH3 is 1. The zero-order chi connectivity index (χ0) is 24.9. The van der Waals surface area contributed by atoms with Crippen LogP contribution in [0.15, 0.2) is 115 Å². The number of carboxylic acid groups (broad SMARTS) is 1. The molecular formula is C32H27O3P. The van der Waals surface area contributed by atoms with Crippen LogP contribution in [-0.4, -0.2) is 18.2 Å². The molecule has 178 valence electrons. The minimum Gasteiger partial charge on any atom is -0.496 e. The highest BCUT2D eigenvalue weighted by Crippen LogP contribution is 2.42. The molecule has 3 nitrogen and oxygen atoms in total. The van der Waals surface area contributed by atoms with E-state index in [0.717, 1.165) is 33.2 Å². The molecule has 4 heteroatoms. The van der Waals surface area contributed by atoms with Gasteiger partial charge in [0.25, 0.3) is 0 Å². The highest BCUT2D eigenvalue weighted by atomic mass is 31.1. The van der Waals surface area contributed by atoms with E-state index in [9.17, 15) is 9.90 Å². The Balaban J connectivity index is 1.81. The van der Waals surface area contributed by atoms with Crippen LogP contribution in [-0.2, 0) is 11.2 Å². The smallest absolute Gasteiger partial charge is 0.303 e. The third kappa shape index (κ3) is 4.76. The molecule has 36 heavy (non-hydrogen) atoms. The van der Waals surface area contributed by atoms with Gasteiger partial charge in [-0.1, -0.05) is 109 Å². The summed E-state index contributed by atoms with van der Waals surface area (Å²) in [4.78, 5) is 11.6. The van der Waals surface area contributed by atoms with Crippen molar-refractivity contribution in [3.63, 3.8) is 0 Å². The molecule has 0 aliphatic heterocycles. The van der Waals surface area contributed by atoms with Gasteiger partial charge >= 0.3 is 5.97 Å². The van der Waals surface area contributed by atoms with Crippen LogP contribution in [0, 0.1) is 0 Å². The summed E-state index contributed by atoms with van der Waals surface area (Å²) in [5, 5.41) is 15.4. The van der Waals surface area contributed by atoms with Crippen molar-refractivity contribution in [2.24, 2.45) is 0 Å². The first-order valence-corrected chi connectivity index (χ1v) is 13.3. The van der Waals surface area contributed by atoms with E-state index in [1.165, 1.54) is 15.9 Å². The summed E-state index contributed by atoms with van der Waals surface area (Å²) in [5.41, 5.74) is 3.20. The first-order valence-electron chi connectivity index (χ1n) is 12.0. The SMILES string of the molecule is COc1cc(CCC(=O)O)c(-c2ccccc2P(c2ccccc2)c2ccccc2)c2ccccc12. The Kier molecular flexibility index (Phi) is 7.11. The van der Waals surface area contributed by atoms with Gasteiger partial charge in [0.2, 0.25) is 0 Å². The van der Waals surface area contributed by atoms with Gasteiger partial charge in [0, 0.05) is 11.8 Å². The Labute approximate surface area is 212 Å². The molecule has 0 bridgehead atoms. The number of carbonyl (C=O) groups is 1. The average Bonchev–Trinajstić information content (AvgIpc) is 2.93. The predicted octanol–water partition coefficient (Wildman–Crippen LogP) is 6.29. The molecule has 0 amide bonds. The van der Waals surface area contributed by atoms with Gasteiger partial charge in [-0.25, -0.2) is 0 Å². The third-order valence-electron chi connectivity index (χ3n) is 6.36. The maximum absolute atomic E-state index is 11.6. The van der Waals surface area contributed by atoms with Crippen molar-refractivity contribution in [2.75, 3.05) is 7.11 Å². The van der Waals surface area contributed by atoms with Crippen molar-refractivity contribution in [1.29, 1.82) is 0 Å². The van der Waals surface area contributed by atoms with Crippen molar-refractivity contribution in [1.82, 2.24) is 0 Å². The number of carboxylic acids is 1. The summed E-state index contributed by atoms with van der Waals surface area (Å²) >= 11 is 0. The Morgan fingerprint density at radius 2 is 1.31 bits per heavy atom. The van der Waals surface area contributed by atoms with E-state index in [-0.39, 0.29) is 6.42 Å². The van der Waals surface area contributed by atoms with Gasteiger partial charge in [0.1, 0.15) is 5.75 Å². The number of hydrogen-bond acceptors (Lipinski definition) is 2. The highest BCUT2D eigenvalue weighted by molar-refractivity contribution is 7.80. The van der Waals surface area contributed by atoms with Crippen LogP contribution >= 0.6 is 7.92 Å². The zero-order valence-electron chi connectivity index (χ0n) is 20.1. The lowest BCUT2D eigenvalue weighted by molar-refractivity contribution is -0.136.